The molecule has 1 aliphatic rings. The van der Waals surface area contributed by atoms with Gasteiger partial charge in [-0.2, -0.15) is 9.98 Å². The van der Waals surface area contributed by atoms with Crippen LogP contribution in [0.2, 0.25) is 0 Å². The largest absolute Gasteiger partial charge is 0.217 e. The van der Waals surface area contributed by atoms with Crippen molar-refractivity contribution in [3.63, 3.8) is 0 Å². The van der Waals surface area contributed by atoms with Gasteiger partial charge < -0.3 is 0 Å². The first kappa shape index (κ1) is 11.5. The maximum atomic E-state index is 11.7. The molecule has 1 atom stereocenters. The van der Waals surface area contributed by atoms with Crippen molar-refractivity contribution in [1.82, 2.24) is 4.72 Å². The summed E-state index contributed by atoms with van der Waals surface area (Å²) in [5.74, 6) is 0.220. The Morgan fingerprint density at radius 3 is 2.21 bits per heavy atom. The van der Waals surface area contributed by atoms with E-state index in [2.05, 4.69) is 4.72 Å². The summed E-state index contributed by atoms with van der Waals surface area (Å²) in [7, 11) is -3.39. The molecule has 14 heavy (non-hydrogen) atoms. The molecule has 0 saturated heterocycles. The maximum Gasteiger partial charge on any atom is 0.217 e. The van der Waals surface area contributed by atoms with Gasteiger partial charge in [-0.1, -0.05) is 0 Å². The zero-order valence-electron chi connectivity index (χ0n) is 8.74. The monoisotopic (exact) mass is 216 g/mol. The van der Waals surface area contributed by atoms with Crippen LogP contribution in [0.15, 0.2) is 0 Å². The van der Waals surface area contributed by atoms with E-state index in [1.165, 1.54) is 0 Å². The SMILES string of the molecule is CC(C)(C)S(=O)(=O)NC(C#N)C1CC1. The second kappa shape index (κ2) is 3.52. The molecular weight excluding hydrogens is 200 g/mol. The maximum absolute atomic E-state index is 11.7. The van der Waals surface area contributed by atoms with Gasteiger partial charge in [0, 0.05) is 0 Å². The summed E-state index contributed by atoms with van der Waals surface area (Å²) in [5, 5.41) is 8.79. The van der Waals surface area contributed by atoms with Crippen LogP contribution in [0, 0.1) is 17.2 Å². The molecule has 1 aliphatic carbocycles. The number of sulfonamides is 1. The lowest BCUT2D eigenvalue weighted by Crippen LogP contribution is -2.44. The highest BCUT2D eigenvalue weighted by Crippen LogP contribution is 2.33. The van der Waals surface area contributed by atoms with Crippen molar-refractivity contribution in [3.05, 3.63) is 0 Å². The molecule has 0 aromatic rings. The zero-order valence-corrected chi connectivity index (χ0v) is 9.56. The van der Waals surface area contributed by atoms with E-state index in [-0.39, 0.29) is 5.92 Å². The number of rotatable bonds is 3. The normalized spacial score (nSPS) is 20.1. The quantitative estimate of drug-likeness (QED) is 0.765. The Kier molecular flexibility index (Phi) is 2.88. The van der Waals surface area contributed by atoms with Crippen molar-refractivity contribution >= 4 is 10.0 Å². The van der Waals surface area contributed by atoms with Crippen molar-refractivity contribution in [3.8, 4) is 6.07 Å². The molecule has 0 heterocycles. The fourth-order valence-corrected chi connectivity index (χ4v) is 1.93. The molecule has 1 fully saturated rings. The van der Waals surface area contributed by atoms with Crippen LogP contribution in [-0.4, -0.2) is 19.2 Å². The van der Waals surface area contributed by atoms with Crippen LogP contribution in [0.5, 0.6) is 0 Å². The summed E-state index contributed by atoms with van der Waals surface area (Å²) < 4.78 is 25.0. The van der Waals surface area contributed by atoms with E-state index in [4.69, 9.17) is 5.26 Å². The van der Waals surface area contributed by atoms with Crippen molar-refractivity contribution in [2.45, 2.75) is 44.4 Å². The Morgan fingerprint density at radius 1 is 1.43 bits per heavy atom. The van der Waals surface area contributed by atoms with Gasteiger partial charge in [-0.15, -0.1) is 0 Å². The highest BCUT2D eigenvalue weighted by atomic mass is 32.2. The van der Waals surface area contributed by atoms with Crippen LogP contribution in [-0.2, 0) is 10.0 Å². The second-order valence-electron chi connectivity index (χ2n) is 4.68. The van der Waals surface area contributed by atoms with Gasteiger partial charge in [-0.05, 0) is 39.5 Å². The van der Waals surface area contributed by atoms with Gasteiger partial charge in [-0.3, -0.25) is 0 Å². The topological polar surface area (TPSA) is 70.0 Å². The van der Waals surface area contributed by atoms with E-state index in [0.717, 1.165) is 12.8 Å². The number of nitriles is 1. The molecule has 0 spiro atoms. The molecule has 0 amide bonds. The molecule has 80 valence electrons. The molecule has 0 aromatic heterocycles. The van der Waals surface area contributed by atoms with E-state index < -0.39 is 20.8 Å². The predicted molar refractivity (Wildman–Crippen MR) is 53.9 cm³/mol. The predicted octanol–water partition coefficient (Wildman–Crippen LogP) is 1.01. The zero-order chi connectivity index (χ0) is 11.0. The molecule has 1 N–H and O–H groups in total. The average molecular weight is 216 g/mol. The van der Waals surface area contributed by atoms with Crippen LogP contribution in [0.25, 0.3) is 0 Å². The van der Waals surface area contributed by atoms with E-state index in [0.29, 0.717) is 0 Å². The lowest BCUT2D eigenvalue weighted by molar-refractivity contribution is 0.527. The van der Waals surface area contributed by atoms with E-state index in [1.807, 2.05) is 6.07 Å². The lowest BCUT2D eigenvalue weighted by atomic mass is 10.2. The number of hydrogen-bond acceptors (Lipinski definition) is 3. The minimum Gasteiger partial charge on any atom is -0.212 e. The molecule has 1 saturated carbocycles. The summed E-state index contributed by atoms with van der Waals surface area (Å²) in [6.07, 6.45) is 1.90. The van der Waals surface area contributed by atoms with Crippen LogP contribution >= 0.6 is 0 Å². The smallest absolute Gasteiger partial charge is 0.212 e. The third kappa shape index (κ3) is 2.46. The molecule has 5 heteroatoms. The fourth-order valence-electron chi connectivity index (χ4n) is 1.00. The molecule has 1 unspecified atom stereocenters. The van der Waals surface area contributed by atoms with Gasteiger partial charge in [0.15, 0.2) is 0 Å². The minimum atomic E-state index is -3.39. The standard InChI is InChI=1S/C9H16N2O2S/c1-9(2,3)14(12,13)11-8(6-10)7-4-5-7/h7-8,11H,4-5H2,1-3H3. The third-order valence-electron chi connectivity index (χ3n) is 2.32. The van der Waals surface area contributed by atoms with Crippen LogP contribution in [0.1, 0.15) is 33.6 Å². The minimum absolute atomic E-state index is 0.220. The lowest BCUT2D eigenvalue weighted by Gasteiger charge is -2.21. The number of nitrogens with zero attached hydrogens (tertiary/aromatic N) is 1. The Hall–Kier alpha value is -0.600. The van der Waals surface area contributed by atoms with Crippen molar-refractivity contribution in [2.75, 3.05) is 0 Å². The van der Waals surface area contributed by atoms with Crippen LogP contribution in [0.4, 0.5) is 0 Å². The molecule has 0 bridgehead atoms. The Morgan fingerprint density at radius 2 is 1.93 bits per heavy atom. The van der Waals surface area contributed by atoms with Crippen molar-refractivity contribution in [2.24, 2.45) is 5.92 Å². The summed E-state index contributed by atoms with van der Waals surface area (Å²) in [4.78, 5) is 0. The highest BCUT2D eigenvalue weighted by Gasteiger charge is 2.37. The van der Waals surface area contributed by atoms with Crippen LogP contribution in [0.3, 0.4) is 0 Å². The summed E-state index contributed by atoms with van der Waals surface area (Å²) >= 11 is 0. The molecular formula is C9H16N2O2S. The van der Waals surface area contributed by atoms with Crippen LogP contribution < -0.4 is 4.72 Å². The number of nitrogens with one attached hydrogen (secondary N) is 1. The first-order chi connectivity index (χ1) is 6.28. The van der Waals surface area contributed by atoms with Crippen molar-refractivity contribution in [1.29, 1.82) is 5.26 Å². The van der Waals surface area contributed by atoms with Gasteiger partial charge in [0.25, 0.3) is 0 Å². The fraction of sp³-hybridized carbons (Fsp3) is 0.889. The van der Waals surface area contributed by atoms with Gasteiger partial charge in [0.05, 0.1) is 10.8 Å². The molecule has 0 radical (unpaired) electrons. The highest BCUT2D eigenvalue weighted by molar-refractivity contribution is 7.90. The van der Waals surface area contributed by atoms with Gasteiger partial charge in [0.2, 0.25) is 10.0 Å². The summed E-state index contributed by atoms with van der Waals surface area (Å²) in [5.41, 5.74) is 0. The van der Waals surface area contributed by atoms with E-state index in [1.54, 1.807) is 20.8 Å². The Bertz CT molecular complexity index is 344. The number of hydrogen-bond donors (Lipinski definition) is 1. The van der Waals surface area contributed by atoms with Crippen molar-refractivity contribution < 1.29 is 8.42 Å². The first-order valence-corrected chi connectivity index (χ1v) is 6.18. The Labute approximate surface area is 85.4 Å². The van der Waals surface area contributed by atoms with Gasteiger partial charge in [-0.25, -0.2) is 8.42 Å². The summed E-state index contributed by atoms with van der Waals surface area (Å²) in [6, 6.07) is 1.46. The molecule has 4 nitrogen and oxygen atoms in total. The summed E-state index contributed by atoms with van der Waals surface area (Å²) in [6.45, 7) is 4.87. The Balaban J connectivity index is 2.72. The third-order valence-corrected chi connectivity index (χ3v) is 4.50. The van der Waals surface area contributed by atoms with Gasteiger partial charge >= 0.3 is 0 Å². The van der Waals surface area contributed by atoms with E-state index >= 15 is 0 Å². The molecule has 1 rings (SSSR count). The first-order valence-electron chi connectivity index (χ1n) is 4.69. The molecule has 0 aliphatic heterocycles. The molecule has 0 aromatic carbocycles. The van der Waals surface area contributed by atoms with E-state index in [9.17, 15) is 8.42 Å². The van der Waals surface area contributed by atoms with Gasteiger partial charge in [0.1, 0.15) is 6.04 Å². The second-order valence-corrected chi connectivity index (χ2v) is 7.15. The average Bonchev–Trinajstić information content (AvgIpc) is 2.80.